The Morgan fingerprint density at radius 1 is 1.22 bits per heavy atom. The molecule has 0 unspecified atom stereocenters. The lowest BCUT2D eigenvalue weighted by molar-refractivity contribution is -0.125. The van der Waals surface area contributed by atoms with Gasteiger partial charge in [-0.1, -0.05) is 55.4 Å². The average molecular weight is 465 g/mol. The molecule has 0 aromatic heterocycles. The first-order chi connectivity index (χ1) is 14.7. The van der Waals surface area contributed by atoms with Crippen LogP contribution in [-0.2, 0) is 19.7 Å². The molecule has 0 bridgehead atoms. The molecule has 7 nitrogen and oxygen atoms in total. The predicted molar refractivity (Wildman–Crippen MR) is 128 cm³/mol. The van der Waals surface area contributed by atoms with Gasteiger partial charge in [0.05, 0.1) is 5.75 Å². The van der Waals surface area contributed by atoms with Gasteiger partial charge in [-0.05, 0) is 63.0 Å². The van der Waals surface area contributed by atoms with Gasteiger partial charge in [0.2, 0.25) is 11.8 Å². The summed E-state index contributed by atoms with van der Waals surface area (Å²) in [4.78, 5) is 23.5. The van der Waals surface area contributed by atoms with Crippen LogP contribution in [0.2, 0.25) is 0 Å². The van der Waals surface area contributed by atoms with Crippen LogP contribution in [0.1, 0.15) is 60.3 Å². The number of primary amides is 1. The van der Waals surface area contributed by atoms with Crippen molar-refractivity contribution in [2.75, 3.05) is 5.75 Å². The molecule has 1 atom stereocenters. The van der Waals surface area contributed by atoms with Crippen LogP contribution >= 0.6 is 0 Å². The summed E-state index contributed by atoms with van der Waals surface area (Å²) in [5.41, 5.74) is 9.91. The number of hydrogen-bond donors (Lipinski definition) is 3. The van der Waals surface area contributed by atoms with E-state index in [1.54, 1.807) is 13.0 Å². The Morgan fingerprint density at radius 2 is 1.88 bits per heavy atom. The molecule has 1 aliphatic carbocycles. The van der Waals surface area contributed by atoms with Gasteiger partial charge in [0.25, 0.3) is 10.1 Å². The highest BCUT2D eigenvalue weighted by Gasteiger charge is 2.26. The van der Waals surface area contributed by atoms with E-state index in [0.29, 0.717) is 5.57 Å². The Hall–Kier alpha value is -2.45. The molecule has 178 valence electrons. The van der Waals surface area contributed by atoms with Crippen molar-refractivity contribution in [2.24, 2.45) is 11.1 Å². The Bertz CT molecular complexity index is 966. The van der Waals surface area contributed by atoms with E-state index in [1.165, 1.54) is 30.1 Å². The zero-order valence-corrected chi connectivity index (χ0v) is 20.5. The van der Waals surface area contributed by atoms with Crippen molar-refractivity contribution in [3.63, 3.8) is 0 Å². The molecule has 0 saturated carbocycles. The van der Waals surface area contributed by atoms with Crippen LogP contribution in [0.5, 0.6) is 0 Å². The van der Waals surface area contributed by atoms with E-state index < -0.39 is 33.7 Å². The van der Waals surface area contributed by atoms with Crippen LogP contribution in [-0.4, -0.2) is 36.6 Å². The van der Waals surface area contributed by atoms with Crippen LogP contribution in [0.15, 0.2) is 58.7 Å². The molecule has 0 aliphatic heterocycles. The minimum atomic E-state index is -4.25. The number of hydrogen-bond acceptors (Lipinski definition) is 4. The van der Waals surface area contributed by atoms with Crippen molar-refractivity contribution in [2.45, 2.75) is 66.3 Å². The quantitative estimate of drug-likeness (QED) is 0.258. The fourth-order valence-electron chi connectivity index (χ4n) is 3.65. The van der Waals surface area contributed by atoms with Crippen molar-refractivity contribution < 1.29 is 22.6 Å². The molecule has 1 rings (SSSR count). The zero-order chi connectivity index (χ0) is 24.5. The first-order valence-electron chi connectivity index (χ1n) is 10.7. The van der Waals surface area contributed by atoms with E-state index in [-0.39, 0.29) is 11.8 Å². The van der Waals surface area contributed by atoms with E-state index in [0.717, 1.165) is 12.0 Å². The largest absolute Gasteiger partial charge is 0.368 e. The lowest BCUT2D eigenvalue weighted by atomic mass is 9.72. The van der Waals surface area contributed by atoms with Gasteiger partial charge in [-0.25, -0.2) is 0 Å². The van der Waals surface area contributed by atoms with Crippen molar-refractivity contribution >= 4 is 21.9 Å². The van der Waals surface area contributed by atoms with Gasteiger partial charge in [0.1, 0.15) is 6.04 Å². The van der Waals surface area contributed by atoms with Crippen LogP contribution in [0, 0.1) is 5.41 Å². The SMILES string of the molecule is CC(C=CC1=C(C)CCCC1(C)C)=CC=CC(C)=CC(=O)N[C@@H](CCS(=O)(=O)O)C(N)=O. The summed E-state index contributed by atoms with van der Waals surface area (Å²) in [5.74, 6) is -2.12. The van der Waals surface area contributed by atoms with Gasteiger partial charge >= 0.3 is 0 Å². The number of nitrogens with two attached hydrogens (primary N) is 1. The second-order valence-corrected chi connectivity index (χ2v) is 10.5. The molecule has 0 aromatic rings. The highest BCUT2D eigenvalue weighted by molar-refractivity contribution is 7.85. The third-order valence-electron chi connectivity index (χ3n) is 5.46. The second kappa shape index (κ2) is 12.0. The standard InChI is InChI=1S/C24H36N2O5S/c1-17(11-12-20-19(3)10-7-14-24(20,4)5)8-6-9-18(2)16-22(27)26-21(23(25)28)13-15-32(29,30)31/h6,8-9,11-12,16,21H,7,10,13-15H2,1-5H3,(H2,25,28)(H,26,27)(H,29,30,31)/t21-/m0/s1. The Kier molecular flexibility index (Phi) is 10.3. The number of carbonyl (C=O) groups is 2. The van der Waals surface area contributed by atoms with Gasteiger partial charge in [-0.3, -0.25) is 14.1 Å². The van der Waals surface area contributed by atoms with Crippen LogP contribution in [0.4, 0.5) is 0 Å². The maximum atomic E-state index is 12.1. The fourth-order valence-corrected chi connectivity index (χ4v) is 4.19. The van der Waals surface area contributed by atoms with E-state index in [4.69, 9.17) is 10.3 Å². The van der Waals surface area contributed by atoms with Gasteiger partial charge in [0.15, 0.2) is 0 Å². The van der Waals surface area contributed by atoms with Crippen LogP contribution in [0.25, 0.3) is 0 Å². The molecular formula is C24H36N2O5S. The minimum absolute atomic E-state index is 0.186. The van der Waals surface area contributed by atoms with E-state index in [1.807, 2.05) is 19.1 Å². The monoisotopic (exact) mass is 464 g/mol. The molecule has 0 radical (unpaired) electrons. The molecule has 0 heterocycles. The summed E-state index contributed by atoms with van der Waals surface area (Å²) < 4.78 is 30.5. The smallest absolute Gasteiger partial charge is 0.264 e. The molecule has 32 heavy (non-hydrogen) atoms. The van der Waals surface area contributed by atoms with Crippen molar-refractivity contribution in [1.29, 1.82) is 0 Å². The lowest BCUT2D eigenvalue weighted by Crippen LogP contribution is -2.44. The number of carbonyl (C=O) groups excluding carboxylic acids is 2. The van der Waals surface area contributed by atoms with Crippen molar-refractivity contribution in [3.05, 3.63) is 58.7 Å². The summed E-state index contributed by atoms with van der Waals surface area (Å²) in [7, 11) is -4.25. The van der Waals surface area contributed by atoms with E-state index >= 15 is 0 Å². The van der Waals surface area contributed by atoms with Gasteiger partial charge in [0, 0.05) is 6.08 Å². The van der Waals surface area contributed by atoms with Gasteiger partial charge in [-0.15, -0.1) is 0 Å². The Labute approximate surface area is 192 Å². The highest BCUT2D eigenvalue weighted by Crippen LogP contribution is 2.40. The van der Waals surface area contributed by atoms with E-state index in [2.05, 4.69) is 38.2 Å². The summed E-state index contributed by atoms with van der Waals surface area (Å²) in [6, 6.07) is -1.19. The first kappa shape index (κ1) is 27.6. The van der Waals surface area contributed by atoms with E-state index in [9.17, 15) is 18.0 Å². The second-order valence-electron chi connectivity index (χ2n) is 8.96. The minimum Gasteiger partial charge on any atom is -0.368 e. The molecule has 0 saturated heterocycles. The third-order valence-corrected chi connectivity index (χ3v) is 6.21. The number of allylic oxidation sites excluding steroid dienone is 9. The molecule has 1 aliphatic rings. The topological polar surface area (TPSA) is 127 Å². The average Bonchev–Trinajstić information content (AvgIpc) is 2.63. The predicted octanol–water partition coefficient (Wildman–Crippen LogP) is 3.77. The number of amides is 2. The van der Waals surface area contributed by atoms with Crippen LogP contribution in [0.3, 0.4) is 0 Å². The molecule has 4 N–H and O–H groups in total. The molecule has 8 heteroatoms. The molecule has 2 amide bonds. The summed E-state index contributed by atoms with van der Waals surface area (Å²) in [6.07, 6.45) is 14.4. The fraction of sp³-hybridized carbons (Fsp3) is 0.500. The molecule has 0 aromatic carbocycles. The Morgan fingerprint density at radius 3 is 2.44 bits per heavy atom. The Balaban J connectivity index is 2.74. The normalized spacial score (nSPS) is 18.9. The maximum absolute atomic E-state index is 12.1. The van der Waals surface area contributed by atoms with Crippen molar-refractivity contribution in [3.8, 4) is 0 Å². The maximum Gasteiger partial charge on any atom is 0.264 e. The molecular weight excluding hydrogens is 428 g/mol. The van der Waals surface area contributed by atoms with Crippen LogP contribution < -0.4 is 11.1 Å². The molecule has 0 fully saturated rings. The summed E-state index contributed by atoms with van der Waals surface area (Å²) in [5, 5.41) is 2.36. The number of rotatable bonds is 10. The third kappa shape index (κ3) is 10.2. The van der Waals surface area contributed by atoms with Gasteiger partial charge in [-0.2, -0.15) is 8.42 Å². The summed E-state index contributed by atoms with van der Waals surface area (Å²) >= 11 is 0. The molecule has 0 spiro atoms. The van der Waals surface area contributed by atoms with Crippen molar-refractivity contribution in [1.82, 2.24) is 5.32 Å². The van der Waals surface area contributed by atoms with Gasteiger partial charge < -0.3 is 11.1 Å². The highest BCUT2D eigenvalue weighted by atomic mass is 32.2. The summed E-state index contributed by atoms with van der Waals surface area (Å²) in [6.45, 7) is 10.5. The lowest BCUT2D eigenvalue weighted by Gasteiger charge is -2.32. The first-order valence-corrected chi connectivity index (χ1v) is 12.3. The number of nitrogens with one attached hydrogen (secondary N) is 1. The zero-order valence-electron chi connectivity index (χ0n) is 19.6.